The molecule has 0 aliphatic heterocycles. The second kappa shape index (κ2) is 5.73. The molecular weight excluding hydrogens is 176 g/mol. The van der Waals surface area contributed by atoms with Crippen LogP contribution in [0.15, 0.2) is 18.3 Å². The van der Waals surface area contributed by atoms with Crippen LogP contribution in [0.5, 0.6) is 0 Å². The van der Waals surface area contributed by atoms with Crippen LogP contribution in [0.25, 0.3) is 0 Å². The highest BCUT2D eigenvalue weighted by molar-refractivity contribution is 5.17. The lowest BCUT2D eigenvalue weighted by Gasteiger charge is -2.07. The lowest BCUT2D eigenvalue weighted by atomic mass is 10.2. The van der Waals surface area contributed by atoms with Gasteiger partial charge in [-0.3, -0.25) is 4.98 Å². The van der Waals surface area contributed by atoms with E-state index in [2.05, 4.69) is 16.4 Å². The Morgan fingerprint density at radius 2 is 2.36 bits per heavy atom. The molecule has 1 aromatic heterocycles. The summed E-state index contributed by atoms with van der Waals surface area (Å²) in [4.78, 5) is 4.20. The summed E-state index contributed by atoms with van der Waals surface area (Å²) in [6.45, 7) is 5.47. The van der Waals surface area contributed by atoms with Gasteiger partial charge in [0.2, 0.25) is 0 Å². The van der Waals surface area contributed by atoms with Crippen molar-refractivity contribution in [3.05, 3.63) is 29.6 Å². The van der Waals surface area contributed by atoms with E-state index in [1.807, 2.05) is 13.0 Å². The molecule has 0 bridgehead atoms. The van der Waals surface area contributed by atoms with E-state index >= 15 is 0 Å². The van der Waals surface area contributed by atoms with Crippen molar-refractivity contribution in [3.63, 3.8) is 0 Å². The van der Waals surface area contributed by atoms with Crippen LogP contribution in [0.4, 0.5) is 0 Å². The predicted molar refractivity (Wildman–Crippen MR) is 57.0 cm³/mol. The van der Waals surface area contributed by atoms with Gasteiger partial charge < -0.3 is 10.4 Å². The number of aliphatic hydroxyl groups is 1. The fraction of sp³-hybridized carbons (Fsp3) is 0.545. The summed E-state index contributed by atoms with van der Waals surface area (Å²) in [7, 11) is 0. The molecular formula is C11H18N2O. The average molecular weight is 194 g/mol. The molecule has 1 rings (SSSR count). The predicted octanol–water partition coefficient (Wildman–Crippen LogP) is 1.25. The van der Waals surface area contributed by atoms with Gasteiger partial charge in [0, 0.05) is 18.4 Å². The molecule has 78 valence electrons. The van der Waals surface area contributed by atoms with Gasteiger partial charge in [-0.2, -0.15) is 0 Å². The largest absolute Gasteiger partial charge is 0.393 e. The molecule has 0 amide bonds. The molecule has 2 N–H and O–H groups in total. The van der Waals surface area contributed by atoms with Crippen molar-refractivity contribution in [1.82, 2.24) is 10.3 Å². The number of pyridine rings is 1. The zero-order valence-electron chi connectivity index (χ0n) is 8.83. The lowest BCUT2D eigenvalue weighted by Crippen LogP contribution is -2.19. The number of aromatic nitrogens is 1. The summed E-state index contributed by atoms with van der Waals surface area (Å²) in [5.74, 6) is 0. The minimum Gasteiger partial charge on any atom is -0.393 e. The minimum absolute atomic E-state index is 0.225. The molecule has 0 radical (unpaired) electrons. The van der Waals surface area contributed by atoms with Crippen LogP contribution in [0.3, 0.4) is 0 Å². The highest BCUT2D eigenvalue weighted by atomic mass is 16.3. The zero-order chi connectivity index (χ0) is 10.4. The number of aliphatic hydroxyl groups excluding tert-OH is 1. The summed E-state index contributed by atoms with van der Waals surface area (Å²) in [5, 5.41) is 12.3. The third kappa shape index (κ3) is 3.85. The summed E-state index contributed by atoms with van der Waals surface area (Å²) in [5.41, 5.74) is 2.29. The van der Waals surface area contributed by atoms with Crippen LogP contribution in [0, 0.1) is 6.92 Å². The molecule has 1 atom stereocenters. The molecule has 0 saturated heterocycles. The highest BCUT2D eigenvalue weighted by Crippen LogP contribution is 2.02. The van der Waals surface area contributed by atoms with E-state index in [0.29, 0.717) is 0 Å². The molecule has 0 spiro atoms. The molecule has 3 heteroatoms. The molecule has 1 unspecified atom stereocenters. The molecule has 1 aromatic rings. The van der Waals surface area contributed by atoms with Crippen molar-refractivity contribution in [2.75, 3.05) is 6.54 Å². The Morgan fingerprint density at radius 3 is 3.00 bits per heavy atom. The van der Waals surface area contributed by atoms with Crippen molar-refractivity contribution < 1.29 is 5.11 Å². The zero-order valence-corrected chi connectivity index (χ0v) is 8.83. The Balaban J connectivity index is 2.28. The van der Waals surface area contributed by atoms with Crippen molar-refractivity contribution in [1.29, 1.82) is 0 Å². The summed E-state index contributed by atoms with van der Waals surface area (Å²) < 4.78 is 0. The van der Waals surface area contributed by atoms with Gasteiger partial charge in [0.1, 0.15) is 0 Å². The van der Waals surface area contributed by atoms with Gasteiger partial charge in [-0.15, -0.1) is 0 Å². The minimum atomic E-state index is -0.225. The quantitative estimate of drug-likeness (QED) is 0.693. The van der Waals surface area contributed by atoms with Crippen LogP contribution < -0.4 is 5.32 Å². The van der Waals surface area contributed by atoms with Crippen molar-refractivity contribution >= 4 is 0 Å². The van der Waals surface area contributed by atoms with Crippen molar-refractivity contribution in [2.24, 2.45) is 0 Å². The molecule has 14 heavy (non-hydrogen) atoms. The number of nitrogens with one attached hydrogen (secondary N) is 1. The smallest absolute Gasteiger partial charge is 0.0524 e. The van der Waals surface area contributed by atoms with Crippen LogP contribution in [0.2, 0.25) is 0 Å². The van der Waals surface area contributed by atoms with Gasteiger partial charge in [-0.1, -0.05) is 6.07 Å². The fourth-order valence-corrected chi connectivity index (χ4v) is 1.24. The molecule has 0 fully saturated rings. The molecule has 0 saturated carbocycles. The second-order valence-corrected chi connectivity index (χ2v) is 3.56. The number of rotatable bonds is 5. The van der Waals surface area contributed by atoms with Gasteiger partial charge in [0.15, 0.2) is 0 Å². The number of nitrogens with zero attached hydrogens (tertiary/aromatic N) is 1. The summed E-state index contributed by atoms with van der Waals surface area (Å²) >= 11 is 0. The second-order valence-electron chi connectivity index (χ2n) is 3.56. The van der Waals surface area contributed by atoms with Crippen LogP contribution >= 0.6 is 0 Å². The van der Waals surface area contributed by atoms with Crippen LogP contribution in [0.1, 0.15) is 24.6 Å². The normalized spacial score (nSPS) is 12.8. The first kappa shape index (κ1) is 11.1. The number of hydrogen-bond acceptors (Lipinski definition) is 3. The Hall–Kier alpha value is -0.930. The van der Waals surface area contributed by atoms with Crippen molar-refractivity contribution in [3.8, 4) is 0 Å². The Kier molecular flexibility index (Phi) is 4.56. The van der Waals surface area contributed by atoms with Crippen LogP contribution in [-0.4, -0.2) is 22.7 Å². The molecule has 0 aromatic carbocycles. The molecule has 3 nitrogen and oxygen atoms in total. The van der Waals surface area contributed by atoms with Crippen LogP contribution in [-0.2, 0) is 6.54 Å². The first-order valence-corrected chi connectivity index (χ1v) is 4.99. The molecule has 0 aliphatic carbocycles. The lowest BCUT2D eigenvalue weighted by molar-refractivity contribution is 0.183. The highest BCUT2D eigenvalue weighted by Gasteiger charge is 1.98. The third-order valence-corrected chi connectivity index (χ3v) is 2.17. The first-order chi connectivity index (χ1) is 6.70. The van der Waals surface area contributed by atoms with Gasteiger partial charge in [0.25, 0.3) is 0 Å². The van der Waals surface area contributed by atoms with Crippen molar-refractivity contribution in [2.45, 2.75) is 32.9 Å². The maximum atomic E-state index is 9.05. The van der Waals surface area contributed by atoms with Gasteiger partial charge in [-0.05, 0) is 38.4 Å². The van der Waals surface area contributed by atoms with E-state index in [1.165, 1.54) is 5.56 Å². The monoisotopic (exact) mass is 194 g/mol. The van der Waals surface area contributed by atoms with E-state index in [1.54, 1.807) is 13.1 Å². The SMILES string of the molecule is Cc1ncccc1CNCCC(C)O. The third-order valence-electron chi connectivity index (χ3n) is 2.17. The number of aryl methyl sites for hydroxylation is 1. The van der Waals surface area contributed by atoms with Gasteiger partial charge in [0.05, 0.1) is 6.10 Å². The summed E-state index contributed by atoms with van der Waals surface area (Å²) in [6, 6.07) is 4.01. The average Bonchev–Trinajstić information content (AvgIpc) is 2.15. The number of hydrogen-bond donors (Lipinski definition) is 2. The topological polar surface area (TPSA) is 45.2 Å². The molecule has 0 aliphatic rings. The van der Waals surface area contributed by atoms with E-state index in [0.717, 1.165) is 25.2 Å². The van der Waals surface area contributed by atoms with Gasteiger partial charge >= 0.3 is 0 Å². The maximum Gasteiger partial charge on any atom is 0.0524 e. The van der Waals surface area contributed by atoms with E-state index in [-0.39, 0.29) is 6.10 Å². The van der Waals surface area contributed by atoms with E-state index in [4.69, 9.17) is 5.11 Å². The van der Waals surface area contributed by atoms with Gasteiger partial charge in [-0.25, -0.2) is 0 Å². The Morgan fingerprint density at radius 1 is 1.57 bits per heavy atom. The first-order valence-electron chi connectivity index (χ1n) is 4.99. The fourth-order valence-electron chi connectivity index (χ4n) is 1.24. The molecule has 1 heterocycles. The Bertz CT molecular complexity index is 274. The van der Waals surface area contributed by atoms with E-state index < -0.39 is 0 Å². The van der Waals surface area contributed by atoms with E-state index in [9.17, 15) is 0 Å². The maximum absolute atomic E-state index is 9.05. The standard InChI is InChI=1S/C11H18N2O/c1-9(14)5-7-12-8-11-4-3-6-13-10(11)2/h3-4,6,9,12,14H,5,7-8H2,1-2H3. The summed E-state index contributed by atoms with van der Waals surface area (Å²) in [6.07, 6.45) is 2.37. The Labute approximate surface area is 85.2 Å².